The molecule has 6 heteroatoms. The summed E-state index contributed by atoms with van der Waals surface area (Å²) in [7, 11) is 4.41. The predicted molar refractivity (Wildman–Crippen MR) is 69.1 cm³/mol. The highest BCUT2D eigenvalue weighted by atomic mass is 16.5. The normalized spacial score (nSPS) is 9.68. The van der Waals surface area contributed by atoms with Crippen LogP contribution in [0.4, 0.5) is 0 Å². The van der Waals surface area contributed by atoms with Gasteiger partial charge in [0.2, 0.25) is 0 Å². The third-order valence-corrected chi connectivity index (χ3v) is 2.45. The summed E-state index contributed by atoms with van der Waals surface area (Å²) in [5.41, 5.74) is 0.279. The van der Waals surface area contributed by atoms with Gasteiger partial charge in [-0.3, -0.25) is 9.59 Å². The molecule has 0 spiro atoms. The van der Waals surface area contributed by atoms with E-state index in [2.05, 4.69) is 5.32 Å². The zero-order valence-electron chi connectivity index (χ0n) is 11.4. The quantitative estimate of drug-likeness (QED) is 0.833. The van der Waals surface area contributed by atoms with Crippen LogP contribution in [0.25, 0.3) is 0 Å². The van der Waals surface area contributed by atoms with Gasteiger partial charge in [0, 0.05) is 12.1 Å². The molecule has 0 fully saturated rings. The molecule has 1 N–H and O–H groups in total. The average molecular weight is 267 g/mol. The van der Waals surface area contributed by atoms with Gasteiger partial charge < -0.3 is 19.5 Å². The lowest BCUT2D eigenvalue weighted by Gasteiger charge is -2.13. The van der Waals surface area contributed by atoms with Crippen LogP contribution in [0, 0.1) is 0 Å². The first-order chi connectivity index (χ1) is 9.03. The van der Waals surface area contributed by atoms with E-state index in [0.29, 0.717) is 17.2 Å². The lowest BCUT2D eigenvalue weighted by molar-refractivity contribution is -0.116. The van der Waals surface area contributed by atoms with E-state index in [0.717, 1.165) is 0 Å². The zero-order valence-corrected chi connectivity index (χ0v) is 11.4. The molecule has 0 saturated heterocycles. The molecule has 6 nitrogen and oxygen atoms in total. The molecule has 0 aliphatic heterocycles. The molecular weight excluding hydrogens is 250 g/mol. The van der Waals surface area contributed by atoms with Crippen molar-refractivity contribution in [1.82, 2.24) is 5.32 Å². The number of carbonyl (C=O) groups is 2. The Morgan fingerprint density at radius 2 is 1.53 bits per heavy atom. The summed E-state index contributed by atoms with van der Waals surface area (Å²) in [6.45, 7) is 1.36. The Bertz CT molecular complexity index is 484. The van der Waals surface area contributed by atoms with Crippen molar-refractivity contribution in [1.29, 1.82) is 0 Å². The van der Waals surface area contributed by atoms with Gasteiger partial charge in [-0.2, -0.15) is 0 Å². The van der Waals surface area contributed by atoms with Crippen molar-refractivity contribution in [3.8, 4) is 17.2 Å². The van der Waals surface area contributed by atoms with Crippen LogP contribution < -0.4 is 19.5 Å². The van der Waals surface area contributed by atoms with E-state index in [4.69, 9.17) is 14.2 Å². The first-order valence-corrected chi connectivity index (χ1v) is 5.61. The number of rotatable bonds is 6. The van der Waals surface area contributed by atoms with Crippen molar-refractivity contribution < 1.29 is 23.8 Å². The summed E-state index contributed by atoms with van der Waals surface area (Å²) in [6.07, 6.45) is 0. The van der Waals surface area contributed by atoms with Gasteiger partial charge in [0.25, 0.3) is 5.91 Å². The number of hydrogen-bond acceptors (Lipinski definition) is 5. The largest absolute Gasteiger partial charge is 0.496 e. The summed E-state index contributed by atoms with van der Waals surface area (Å²) in [4.78, 5) is 22.8. The fourth-order valence-corrected chi connectivity index (χ4v) is 1.51. The lowest BCUT2D eigenvalue weighted by Crippen LogP contribution is -2.28. The third-order valence-electron chi connectivity index (χ3n) is 2.45. The van der Waals surface area contributed by atoms with E-state index in [1.165, 1.54) is 34.3 Å². The Morgan fingerprint density at radius 3 is 2.00 bits per heavy atom. The first kappa shape index (κ1) is 14.8. The van der Waals surface area contributed by atoms with Crippen molar-refractivity contribution in [2.75, 3.05) is 27.9 Å². The molecule has 19 heavy (non-hydrogen) atoms. The van der Waals surface area contributed by atoms with Crippen LogP contribution in [0.1, 0.15) is 17.3 Å². The summed E-state index contributed by atoms with van der Waals surface area (Å²) in [6, 6.07) is 3.06. The van der Waals surface area contributed by atoms with Gasteiger partial charge in [0.05, 0.1) is 33.4 Å². The van der Waals surface area contributed by atoms with E-state index in [1.807, 2.05) is 0 Å². The Morgan fingerprint density at radius 1 is 1.00 bits per heavy atom. The fourth-order valence-electron chi connectivity index (χ4n) is 1.51. The molecule has 1 aromatic rings. The SMILES string of the molecule is COc1cc(OC)c(C(=O)NCC(C)=O)cc1OC. The van der Waals surface area contributed by atoms with Crippen molar-refractivity contribution in [3.63, 3.8) is 0 Å². The summed E-state index contributed by atoms with van der Waals surface area (Å²) < 4.78 is 15.4. The van der Waals surface area contributed by atoms with Crippen molar-refractivity contribution >= 4 is 11.7 Å². The summed E-state index contributed by atoms with van der Waals surface area (Å²) in [5, 5.41) is 2.50. The topological polar surface area (TPSA) is 73.9 Å². The number of carbonyl (C=O) groups excluding carboxylic acids is 2. The summed E-state index contributed by atoms with van der Waals surface area (Å²) in [5.74, 6) is 0.679. The monoisotopic (exact) mass is 267 g/mol. The molecule has 1 aromatic carbocycles. The number of nitrogens with one attached hydrogen (secondary N) is 1. The molecule has 0 aliphatic carbocycles. The van der Waals surface area contributed by atoms with E-state index in [1.54, 1.807) is 6.07 Å². The molecule has 1 rings (SSSR count). The molecule has 104 valence electrons. The molecule has 0 aromatic heterocycles. The van der Waals surface area contributed by atoms with Crippen molar-refractivity contribution in [2.24, 2.45) is 0 Å². The Balaban J connectivity index is 3.10. The highest BCUT2D eigenvalue weighted by molar-refractivity contribution is 5.99. The van der Waals surface area contributed by atoms with Crippen molar-refractivity contribution in [2.45, 2.75) is 6.92 Å². The lowest BCUT2D eigenvalue weighted by atomic mass is 10.1. The number of ether oxygens (including phenoxy) is 3. The minimum absolute atomic E-state index is 0.0314. The van der Waals surface area contributed by atoms with Gasteiger partial charge in [-0.1, -0.05) is 0 Å². The second kappa shape index (κ2) is 6.63. The molecule has 0 saturated carbocycles. The minimum atomic E-state index is -0.409. The maximum Gasteiger partial charge on any atom is 0.255 e. The van der Waals surface area contributed by atoms with Gasteiger partial charge in [-0.15, -0.1) is 0 Å². The molecular formula is C13H17NO5. The van der Waals surface area contributed by atoms with E-state index in [-0.39, 0.29) is 17.9 Å². The minimum Gasteiger partial charge on any atom is -0.496 e. The van der Waals surface area contributed by atoms with Gasteiger partial charge in [-0.05, 0) is 6.92 Å². The number of hydrogen-bond donors (Lipinski definition) is 1. The molecule has 0 bridgehead atoms. The molecule has 0 atom stereocenters. The van der Waals surface area contributed by atoms with Crippen LogP contribution in [0.2, 0.25) is 0 Å². The first-order valence-electron chi connectivity index (χ1n) is 5.61. The number of amides is 1. The maximum atomic E-state index is 12.0. The van der Waals surface area contributed by atoms with Gasteiger partial charge >= 0.3 is 0 Å². The Labute approximate surface area is 111 Å². The van der Waals surface area contributed by atoms with Crippen LogP contribution >= 0.6 is 0 Å². The van der Waals surface area contributed by atoms with Gasteiger partial charge in [0.1, 0.15) is 11.5 Å². The molecule has 0 unspecified atom stereocenters. The van der Waals surface area contributed by atoms with Crippen LogP contribution in [0.3, 0.4) is 0 Å². The van der Waals surface area contributed by atoms with Crippen LogP contribution in [0.5, 0.6) is 17.2 Å². The average Bonchev–Trinajstić information content (AvgIpc) is 2.42. The highest BCUT2D eigenvalue weighted by Crippen LogP contribution is 2.34. The molecule has 0 heterocycles. The van der Waals surface area contributed by atoms with Crippen LogP contribution in [-0.4, -0.2) is 39.6 Å². The van der Waals surface area contributed by atoms with Gasteiger partial charge in [0.15, 0.2) is 11.5 Å². The second-order valence-electron chi connectivity index (χ2n) is 3.79. The van der Waals surface area contributed by atoms with Crippen LogP contribution in [0.15, 0.2) is 12.1 Å². The van der Waals surface area contributed by atoms with Gasteiger partial charge in [-0.25, -0.2) is 0 Å². The third kappa shape index (κ3) is 3.61. The molecule has 1 amide bonds. The van der Waals surface area contributed by atoms with Crippen molar-refractivity contribution in [3.05, 3.63) is 17.7 Å². The number of benzene rings is 1. The number of methoxy groups -OCH3 is 3. The highest BCUT2D eigenvalue weighted by Gasteiger charge is 2.17. The van der Waals surface area contributed by atoms with E-state index < -0.39 is 5.91 Å². The Hall–Kier alpha value is -2.24. The number of Topliss-reactive ketones (excluding diaryl/α,β-unsaturated/α-hetero) is 1. The fraction of sp³-hybridized carbons (Fsp3) is 0.385. The standard InChI is InChI=1S/C13H17NO5/c1-8(15)7-14-13(16)9-5-11(18-3)12(19-4)6-10(9)17-2/h5-6H,7H2,1-4H3,(H,14,16). The zero-order chi connectivity index (χ0) is 14.4. The molecule has 0 aliphatic rings. The maximum absolute atomic E-state index is 12.0. The summed E-state index contributed by atoms with van der Waals surface area (Å²) >= 11 is 0. The van der Waals surface area contributed by atoms with E-state index in [9.17, 15) is 9.59 Å². The second-order valence-corrected chi connectivity index (χ2v) is 3.79. The molecule has 0 radical (unpaired) electrons. The predicted octanol–water partition coefficient (Wildman–Crippen LogP) is 1.03. The smallest absolute Gasteiger partial charge is 0.255 e. The van der Waals surface area contributed by atoms with E-state index >= 15 is 0 Å². The Kier molecular flexibility index (Phi) is 5.17. The number of ketones is 1. The van der Waals surface area contributed by atoms with Crippen LogP contribution in [-0.2, 0) is 4.79 Å².